The molecular weight excluding hydrogens is 881 g/mol. The minimum absolute atomic E-state index is 0.0229. The zero-order chi connectivity index (χ0) is 49.1. The van der Waals surface area contributed by atoms with E-state index in [9.17, 15) is 44.7 Å². The molecule has 0 saturated heterocycles. The second-order valence-electron chi connectivity index (χ2n) is 15.2. The Kier molecular flexibility index (Phi) is 16.7. The van der Waals surface area contributed by atoms with E-state index in [0.717, 1.165) is 0 Å². The van der Waals surface area contributed by atoms with E-state index in [4.69, 9.17) is 33.2 Å². The molecule has 0 bridgehead atoms. The van der Waals surface area contributed by atoms with Crippen molar-refractivity contribution in [2.24, 2.45) is 0 Å². The quantitative estimate of drug-likeness (QED) is 0.0309. The predicted molar refractivity (Wildman–Crippen MR) is 246 cm³/mol. The van der Waals surface area contributed by atoms with E-state index in [1.54, 1.807) is 30.3 Å². The van der Waals surface area contributed by atoms with Crippen molar-refractivity contribution >= 4 is 23.5 Å². The predicted octanol–water partition coefficient (Wildman–Crippen LogP) is 6.15. The van der Waals surface area contributed by atoms with Gasteiger partial charge in [-0.2, -0.15) is 0 Å². The SMILES string of the molecule is COc1cc(-c2ccc(CC(=O)c3ccc(OC(=O)c4cc(CO)c(CO)cc4CO)c(CO)c3)c(CO)c2)ccc1CC(=O)c1ccc(OC(=O)c2cc(OC)c(OC)cc2OC)c(OC)c1. The van der Waals surface area contributed by atoms with Crippen molar-refractivity contribution < 1.29 is 77.9 Å². The van der Waals surface area contributed by atoms with Crippen molar-refractivity contribution in [3.8, 4) is 51.4 Å². The van der Waals surface area contributed by atoms with Gasteiger partial charge in [-0.25, -0.2) is 9.59 Å². The van der Waals surface area contributed by atoms with E-state index in [-0.39, 0.29) is 93.0 Å². The summed E-state index contributed by atoms with van der Waals surface area (Å²) in [6, 6.07) is 24.9. The van der Waals surface area contributed by atoms with Gasteiger partial charge >= 0.3 is 11.9 Å². The van der Waals surface area contributed by atoms with Crippen molar-refractivity contribution in [3.63, 3.8) is 0 Å². The van der Waals surface area contributed by atoms with Crippen molar-refractivity contribution in [2.45, 2.75) is 45.9 Å². The average Bonchev–Trinajstić information content (AvgIpc) is 3.37. The molecule has 16 nitrogen and oxygen atoms in total. The van der Waals surface area contributed by atoms with E-state index >= 15 is 0 Å². The third-order valence-corrected chi connectivity index (χ3v) is 11.2. The van der Waals surface area contributed by atoms with Crippen LogP contribution in [0.15, 0.2) is 97.1 Å². The van der Waals surface area contributed by atoms with Gasteiger partial charge in [-0.3, -0.25) is 9.59 Å². The molecule has 6 rings (SSSR count). The Morgan fingerprint density at radius 1 is 0.353 bits per heavy atom. The van der Waals surface area contributed by atoms with Crippen LogP contribution < -0.4 is 33.2 Å². The number of hydrogen-bond acceptors (Lipinski definition) is 16. The van der Waals surface area contributed by atoms with Gasteiger partial charge < -0.3 is 58.7 Å². The Bertz CT molecular complexity index is 2660. The summed E-state index contributed by atoms with van der Waals surface area (Å²) in [5, 5.41) is 49.7. The zero-order valence-corrected chi connectivity index (χ0v) is 37.9. The summed E-state index contributed by atoms with van der Waals surface area (Å²) >= 11 is 0. The number of aliphatic hydroxyl groups excluding tert-OH is 5. The van der Waals surface area contributed by atoms with Crippen LogP contribution in [0.2, 0.25) is 0 Å². The number of Topliss-reactive ketones (excluding diaryl/α,β-unsaturated/α-hetero) is 2. The summed E-state index contributed by atoms with van der Waals surface area (Å²) in [5.74, 6) is -0.784. The molecule has 0 unspecified atom stereocenters. The molecule has 0 aliphatic rings. The Hall–Kier alpha value is -7.60. The van der Waals surface area contributed by atoms with Gasteiger partial charge in [-0.1, -0.05) is 24.3 Å². The van der Waals surface area contributed by atoms with Crippen LogP contribution in [0.1, 0.15) is 80.4 Å². The number of rotatable bonds is 21. The Morgan fingerprint density at radius 2 is 0.824 bits per heavy atom. The number of aliphatic hydroxyl groups is 5. The maximum atomic E-state index is 13.6. The Balaban J connectivity index is 1.14. The molecule has 16 heteroatoms. The highest BCUT2D eigenvalue weighted by Gasteiger charge is 2.24. The number of carbonyl (C=O) groups excluding carboxylic acids is 4. The fourth-order valence-electron chi connectivity index (χ4n) is 7.50. The fraction of sp³-hybridized carbons (Fsp3) is 0.231. The van der Waals surface area contributed by atoms with Gasteiger partial charge in [-0.05, 0) is 99.6 Å². The number of benzene rings is 6. The van der Waals surface area contributed by atoms with E-state index in [1.807, 2.05) is 6.07 Å². The molecule has 354 valence electrons. The van der Waals surface area contributed by atoms with Crippen molar-refractivity contribution in [2.75, 3.05) is 35.5 Å². The van der Waals surface area contributed by atoms with Crippen LogP contribution in [0.5, 0.6) is 40.2 Å². The largest absolute Gasteiger partial charge is 0.496 e. The lowest BCUT2D eigenvalue weighted by Crippen LogP contribution is -2.15. The summed E-state index contributed by atoms with van der Waals surface area (Å²) < 4.78 is 38.4. The first-order chi connectivity index (χ1) is 32.9. The molecular formula is C52H50O16. The number of methoxy groups -OCH3 is 5. The second kappa shape index (κ2) is 22.7. The molecule has 68 heavy (non-hydrogen) atoms. The van der Waals surface area contributed by atoms with Crippen LogP contribution in [0.3, 0.4) is 0 Å². The topological polar surface area (TPSA) is 234 Å². The van der Waals surface area contributed by atoms with Gasteiger partial charge in [0.15, 0.2) is 34.6 Å². The van der Waals surface area contributed by atoms with Gasteiger partial charge in [-0.15, -0.1) is 0 Å². The molecule has 0 saturated carbocycles. The molecule has 0 aromatic heterocycles. The first-order valence-corrected chi connectivity index (χ1v) is 21.0. The Morgan fingerprint density at radius 3 is 1.43 bits per heavy atom. The summed E-state index contributed by atoms with van der Waals surface area (Å²) in [4.78, 5) is 53.6. The van der Waals surface area contributed by atoms with Crippen LogP contribution in [0.25, 0.3) is 11.1 Å². The van der Waals surface area contributed by atoms with Crippen LogP contribution in [-0.4, -0.2) is 84.6 Å². The molecule has 6 aromatic rings. The first-order valence-electron chi connectivity index (χ1n) is 21.0. The van der Waals surface area contributed by atoms with Gasteiger partial charge in [0.25, 0.3) is 0 Å². The lowest BCUT2D eigenvalue weighted by Gasteiger charge is -2.15. The fourth-order valence-corrected chi connectivity index (χ4v) is 7.50. The maximum absolute atomic E-state index is 13.6. The standard InChI is InChI=1S/C52H50O16/c1-62-46-20-31(8-9-34(46)19-43(59)33-11-13-45(48(21-33)64-3)68-52(61)41-22-49(65-4)50(66-5)23-47(41)63-2)29-6-7-30(35(14-29)24-53)18-42(58)32-10-12-44(39(15-32)28-57)67-51(60)40-17-37(26-55)36(25-54)16-38(40)27-56/h6-17,20-23,53-57H,18-19,24-28H2,1-5H3. The molecule has 0 atom stereocenters. The zero-order valence-electron chi connectivity index (χ0n) is 37.9. The highest BCUT2D eigenvalue weighted by atomic mass is 16.6. The van der Waals surface area contributed by atoms with Crippen LogP contribution in [0.4, 0.5) is 0 Å². The highest BCUT2D eigenvalue weighted by molar-refractivity contribution is 6.00. The Labute approximate surface area is 391 Å². The van der Waals surface area contributed by atoms with E-state index < -0.39 is 38.4 Å². The lowest BCUT2D eigenvalue weighted by atomic mass is 9.93. The molecule has 0 fully saturated rings. The monoisotopic (exact) mass is 930 g/mol. The van der Waals surface area contributed by atoms with Gasteiger partial charge in [0, 0.05) is 47.2 Å². The van der Waals surface area contributed by atoms with Crippen LogP contribution in [-0.2, 0) is 45.9 Å². The highest BCUT2D eigenvalue weighted by Crippen LogP contribution is 2.37. The number of ether oxygens (including phenoxy) is 7. The molecule has 0 amide bonds. The summed E-state index contributed by atoms with van der Waals surface area (Å²) in [7, 11) is 7.16. The maximum Gasteiger partial charge on any atom is 0.347 e. The second-order valence-corrected chi connectivity index (χ2v) is 15.2. The first kappa shape index (κ1) is 49.8. The third kappa shape index (κ3) is 11.0. The molecule has 0 spiro atoms. The summed E-state index contributed by atoms with van der Waals surface area (Å²) in [6.07, 6.45) is -0.152. The van der Waals surface area contributed by atoms with Gasteiger partial charge in [0.1, 0.15) is 22.8 Å². The van der Waals surface area contributed by atoms with E-state index in [1.165, 1.54) is 96.2 Å². The minimum atomic E-state index is -0.878. The number of esters is 2. The smallest absolute Gasteiger partial charge is 0.347 e. The van der Waals surface area contributed by atoms with Crippen LogP contribution in [0, 0.1) is 0 Å². The average molecular weight is 931 g/mol. The number of hydrogen-bond donors (Lipinski definition) is 5. The molecule has 6 aromatic carbocycles. The normalized spacial score (nSPS) is 10.9. The summed E-state index contributed by atoms with van der Waals surface area (Å²) in [6.45, 7) is -2.37. The van der Waals surface area contributed by atoms with E-state index in [2.05, 4.69) is 0 Å². The van der Waals surface area contributed by atoms with Crippen molar-refractivity contribution in [1.82, 2.24) is 0 Å². The molecule has 5 N–H and O–H groups in total. The summed E-state index contributed by atoms with van der Waals surface area (Å²) in [5.41, 5.74) is 4.52. The lowest BCUT2D eigenvalue weighted by molar-refractivity contribution is 0.0716. The minimum Gasteiger partial charge on any atom is -0.496 e. The van der Waals surface area contributed by atoms with Gasteiger partial charge in [0.05, 0.1) is 74.1 Å². The number of carbonyl (C=O) groups is 4. The number of ketones is 2. The molecule has 0 heterocycles. The van der Waals surface area contributed by atoms with Gasteiger partial charge in [0.2, 0.25) is 0 Å². The molecule has 0 radical (unpaired) electrons. The third-order valence-electron chi connectivity index (χ3n) is 11.2. The molecule has 0 aliphatic heterocycles. The van der Waals surface area contributed by atoms with Crippen molar-refractivity contribution in [1.29, 1.82) is 0 Å². The van der Waals surface area contributed by atoms with Crippen LogP contribution >= 0.6 is 0 Å². The van der Waals surface area contributed by atoms with E-state index in [0.29, 0.717) is 50.6 Å². The molecule has 0 aliphatic carbocycles. The van der Waals surface area contributed by atoms with Crippen molar-refractivity contribution in [3.05, 3.63) is 158 Å².